The summed E-state index contributed by atoms with van der Waals surface area (Å²) < 4.78 is 26.4. The van der Waals surface area contributed by atoms with Crippen LogP contribution in [0.1, 0.15) is 20.9 Å². The first-order valence-electron chi connectivity index (χ1n) is 5.46. The summed E-state index contributed by atoms with van der Waals surface area (Å²) in [5.74, 6) is -1.17. The number of aryl methyl sites for hydroxylation is 2. The van der Waals surface area contributed by atoms with Gasteiger partial charge in [-0.25, -0.2) is 14.8 Å². The van der Waals surface area contributed by atoms with Gasteiger partial charge in [-0.05, 0) is 26.0 Å². The molecule has 106 valence electrons. The van der Waals surface area contributed by atoms with Crippen molar-refractivity contribution >= 4 is 32.5 Å². The molecule has 0 aromatic carbocycles. The number of carboxylic acids is 1. The Balaban J connectivity index is 2.28. The van der Waals surface area contributed by atoms with E-state index in [1.165, 1.54) is 17.4 Å². The van der Waals surface area contributed by atoms with E-state index in [1.54, 1.807) is 6.92 Å². The van der Waals surface area contributed by atoms with Gasteiger partial charge < -0.3 is 5.11 Å². The molecule has 2 aromatic rings. The second-order valence-corrected chi connectivity index (χ2v) is 6.79. The fourth-order valence-corrected chi connectivity index (χ4v) is 3.33. The third-order valence-corrected chi connectivity index (χ3v) is 4.88. The van der Waals surface area contributed by atoms with Crippen LogP contribution in [0.15, 0.2) is 23.4 Å². The van der Waals surface area contributed by atoms with Gasteiger partial charge >= 0.3 is 5.97 Å². The van der Waals surface area contributed by atoms with Crippen molar-refractivity contribution < 1.29 is 18.3 Å². The molecule has 0 saturated carbocycles. The van der Waals surface area contributed by atoms with Crippen LogP contribution in [0.5, 0.6) is 0 Å². The Bertz CT molecular complexity index is 731. The third kappa shape index (κ3) is 2.94. The third-order valence-electron chi connectivity index (χ3n) is 2.51. The van der Waals surface area contributed by atoms with Crippen LogP contribution < -0.4 is 4.72 Å². The lowest BCUT2D eigenvalue weighted by atomic mass is 10.3. The Hall–Kier alpha value is -2.00. The smallest absolute Gasteiger partial charge is 0.337 e. The minimum atomic E-state index is -3.87. The number of pyridine rings is 1. The van der Waals surface area contributed by atoms with Crippen molar-refractivity contribution in [2.75, 3.05) is 4.72 Å². The summed E-state index contributed by atoms with van der Waals surface area (Å²) in [5.41, 5.74) is 0.673. The van der Waals surface area contributed by atoms with Gasteiger partial charge in [-0.1, -0.05) is 0 Å². The Morgan fingerprint density at radius 1 is 1.35 bits per heavy atom. The Morgan fingerprint density at radius 2 is 2.05 bits per heavy atom. The number of thiazole rings is 1. The number of sulfonamides is 1. The molecule has 0 atom stereocenters. The summed E-state index contributed by atoms with van der Waals surface area (Å²) in [5, 5.41) is 8.73. The van der Waals surface area contributed by atoms with E-state index in [0.717, 1.165) is 22.8 Å². The van der Waals surface area contributed by atoms with Crippen LogP contribution in [-0.4, -0.2) is 29.5 Å². The summed E-state index contributed by atoms with van der Waals surface area (Å²) >= 11 is 1.22. The van der Waals surface area contributed by atoms with Crippen molar-refractivity contribution in [2.45, 2.75) is 18.9 Å². The highest BCUT2D eigenvalue weighted by Gasteiger charge is 2.18. The monoisotopic (exact) mass is 313 g/mol. The largest absolute Gasteiger partial charge is 0.478 e. The maximum absolute atomic E-state index is 12.0. The first-order valence-corrected chi connectivity index (χ1v) is 7.76. The van der Waals surface area contributed by atoms with E-state index >= 15 is 0 Å². The van der Waals surface area contributed by atoms with Crippen LogP contribution in [0.2, 0.25) is 0 Å². The zero-order valence-corrected chi connectivity index (χ0v) is 12.2. The number of nitrogens with zero attached hydrogens (tertiary/aromatic N) is 2. The van der Waals surface area contributed by atoms with Crippen molar-refractivity contribution in [3.05, 3.63) is 34.5 Å². The van der Waals surface area contributed by atoms with E-state index in [1.807, 2.05) is 6.92 Å². The van der Waals surface area contributed by atoms with E-state index in [-0.39, 0.29) is 15.7 Å². The van der Waals surface area contributed by atoms with E-state index < -0.39 is 16.0 Å². The molecular formula is C11H11N3O4S2. The maximum atomic E-state index is 12.0. The SMILES string of the molecule is Cc1nc(NS(=O)(=O)c2ccc(C(=O)O)cn2)sc1C. The van der Waals surface area contributed by atoms with Gasteiger partial charge in [0, 0.05) is 11.1 Å². The van der Waals surface area contributed by atoms with E-state index in [0.29, 0.717) is 0 Å². The number of aromatic nitrogens is 2. The molecule has 0 unspecified atom stereocenters. The van der Waals surface area contributed by atoms with E-state index in [9.17, 15) is 13.2 Å². The number of hydrogen-bond donors (Lipinski definition) is 2. The number of carboxylic acid groups (broad SMARTS) is 1. The molecule has 0 aliphatic rings. The van der Waals surface area contributed by atoms with Crippen LogP contribution in [0.25, 0.3) is 0 Å². The zero-order chi connectivity index (χ0) is 14.9. The normalized spacial score (nSPS) is 11.3. The maximum Gasteiger partial charge on any atom is 0.337 e. The molecule has 0 bridgehead atoms. The van der Waals surface area contributed by atoms with Crippen molar-refractivity contribution in [3.8, 4) is 0 Å². The molecule has 9 heteroatoms. The fourth-order valence-electron chi connectivity index (χ4n) is 1.35. The van der Waals surface area contributed by atoms with E-state index in [4.69, 9.17) is 5.11 Å². The predicted octanol–water partition coefficient (Wildman–Crippen LogP) is 1.65. The number of anilines is 1. The molecule has 0 radical (unpaired) electrons. The summed E-state index contributed by atoms with van der Waals surface area (Å²) in [6.07, 6.45) is 0.995. The molecule has 0 saturated heterocycles. The Labute approximate surface area is 119 Å². The predicted molar refractivity (Wildman–Crippen MR) is 73.6 cm³/mol. The van der Waals surface area contributed by atoms with Crippen molar-refractivity contribution in [2.24, 2.45) is 0 Å². The average Bonchev–Trinajstić information content (AvgIpc) is 2.67. The molecule has 0 aliphatic carbocycles. The number of carbonyl (C=O) groups is 1. The van der Waals surface area contributed by atoms with Crippen molar-refractivity contribution in [1.82, 2.24) is 9.97 Å². The van der Waals surface area contributed by atoms with Gasteiger partial charge in [-0.3, -0.25) is 4.72 Å². The highest BCUT2D eigenvalue weighted by atomic mass is 32.2. The Kier molecular flexibility index (Phi) is 3.73. The van der Waals surface area contributed by atoms with Crippen LogP contribution in [0, 0.1) is 13.8 Å². The lowest BCUT2D eigenvalue weighted by Gasteiger charge is -2.04. The van der Waals surface area contributed by atoms with Crippen molar-refractivity contribution in [1.29, 1.82) is 0 Å². The lowest BCUT2D eigenvalue weighted by Crippen LogP contribution is -2.14. The van der Waals surface area contributed by atoms with Gasteiger partial charge in [0.2, 0.25) is 0 Å². The minimum absolute atomic E-state index is 0.0788. The highest BCUT2D eigenvalue weighted by molar-refractivity contribution is 7.92. The molecule has 0 aliphatic heterocycles. The molecule has 20 heavy (non-hydrogen) atoms. The number of rotatable bonds is 4. The molecule has 2 rings (SSSR count). The summed E-state index contributed by atoms with van der Waals surface area (Å²) in [6.45, 7) is 3.62. The zero-order valence-electron chi connectivity index (χ0n) is 10.6. The van der Waals surface area contributed by atoms with Gasteiger partial charge in [0.05, 0.1) is 11.3 Å². The second-order valence-electron chi connectivity index (χ2n) is 3.96. The Morgan fingerprint density at radius 3 is 2.50 bits per heavy atom. The molecule has 2 heterocycles. The lowest BCUT2D eigenvalue weighted by molar-refractivity contribution is 0.0696. The summed E-state index contributed by atoms with van der Waals surface area (Å²) in [7, 11) is -3.87. The summed E-state index contributed by atoms with van der Waals surface area (Å²) in [6, 6.07) is 2.32. The van der Waals surface area contributed by atoms with Gasteiger partial charge in [-0.15, -0.1) is 11.3 Å². The number of hydrogen-bond acceptors (Lipinski definition) is 6. The fraction of sp³-hybridized carbons (Fsp3) is 0.182. The molecule has 0 spiro atoms. The van der Waals surface area contributed by atoms with Crippen LogP contribution >= 0.6 is 11.3 Å². The topological polar surface area (TPSA) is 109 Å². The minimum Gasteiger partial charge on any atom is -0.478 e. The second kappa shape index (κ2) is 5.17. The molecule has 2 N–H and O–H groups in total. The van der Waals surface area contributed by atoms with Gasteiger partial charge in [-0.2, -0.15) is 8.42 Å². The van der Waals surface area contributed by atoms with Crippen LogP contribution in [0.4, 0.5) is 5.13 Å². The van der Waals surface area contributed by atoms with Crippen molar-refractivity contribution in [3.63, 3.8) is 0 Å². The van der Waals surface area contributed by atoms with Crippen LogP contribution in [0.3, 0.4) is 0 Å². The number of aromatic carboxylic acids is 1. The molecule has 0 fully saturated rings. The van der Waals surface area contributed by atoms with E-state index in [2.05, 4.69) is 14.7 Å². The average molecular weight is 313 g/mol. The standard InChI is InChI=1S/C11H11N3O4S2/c1-6-7(2)19-11(13-6)14-20(17,18)9-4-3-8(5-12-9)10(15)16/h3-5H,1-2H3,(H,13,14)(H,15,16). The highest BCUT2D eigenvalue weighted by Crippen LogP contribution is 2.23. The van der Waals surface area contributed by atoms with Gasteiger partial charge in [0.1, 0.15) is 0 Å². The molecule has 2 aromatic heterocycles. The molecule has 7 nitrogen and oxygen atoms in total. The molecule has 0 amide bonds. The van der Waals surface area contributed by atoms with Gasteiger partial charge in [0.25, 0.3) is 10.0 Å². The first-order chi connectivity index (χ1) is 9.29. The first kappa shape index (κ1) is 14.4. The molecular weight excluding hydrogens is 302 g/mol. The number of nitrogens with one attached hydrogen (secondary N) is 1. The van der Waals surface area contributed by atoms with Crippen LogP contribution in [-0.2, 0) is 10.0 Å². The van der Waals surface area contributed by atoms with Gasteiger partial charge in [0.15, 0.2) is 10.2 Å². The summed E-state index contributed by atoms with van der Waals surface area (Å²) in [4.78, 5) is 19.3. The quantitative estimate of drug-likeness (QED) is 0.888.